The topological polar surface area (TPSA) is 91.2 Å². The first kappa shape index (κ1) is 19.5. The van der Waals surface area contributed by atoms with Gasteiger partial charge in [0.1, 0.15) is 5.75 Å². The molecule has 2 aromatic carbocycles. The Morgan fingerprint density at radius 3 is 2.54 bits per heavy atom. The molecule has 0 spiro atoms. The first-order valence-electron chi connectivity index (χ1n) is 7.11. The minimum atomic E-state index is -0.240. The van der Waals surface area contributed by atoms with Gasteiger partial charge in [-0.15, -0.1) is 0 Å². The zero-order valence-electron chi connectivity index (χ0n) is 13.4. The van der Waals surface area contributed by atoms with E-state index in [1.807, 2.05) is 6.92 Å². The number of hydrogen-bond acceptors (Lipinski definition) is 5. The van der Waals surface area contributed by atoms with Crippen molar-refractivity contribution in [2.75, 3.05) is 13.7 Å². The normalized spacial score (nSPS) is 9.96. The number of para-hydroxylation sites is 2. The van der Waals surface area contributed by atoms with Crippen molar-refractivity contribution < 1.29 is 36.0 Å². The average Bonchev–Trinajstić information content (AvgIpc) is 2.58. The predicted octanol–water partition coefficient (Wildman–Crippen LogP) is 2.42. The first-order valence-corrected chi connectivity index (χ1v) is 7.64. The molecule has 0 aliphatic carbocycles. The van der Waals surface area contributed by atoms with Gasteiger partial charge in [-0.05, 0) is 19.1 Å². The van der Waals surface area contributed by atoms with E-state index >= 15 is 0 Å². The summed E-state index contributed by atoms with van der Waals surface area (Å²) in [6.07, 6.45) is 1.50. The average molecular weight is 370 g/mol. The van der Waals surface area contributed by atoms with Gasteiger partial charge in [0.05, 0.1) is 5.56 Å². The summed E-state index contributed by atoms with van der Waals surface area (Å²) in [6.45, 7) is 2.39. The Kier molecular flexibility index (Phi) is 8.39. The third-order valence-corrected chi connectivity index (χ3v) is 3.08. The van der Waals surface area contributed by atoms with Crippen molar-refractivity contribution >= 4 is 12.1 Å². The Labute approximate surface area is 149 Å². The molecule has 24 heavy (non-hydrogen) atoms. The van der Waals surface area contributed by atoms with Crippen molar-refractivity contribution in [1.29, 1.82) is 0 Å². The van der Waals surface area contributed by atoms with Crippen LogP contribution in [0.1, 0.15) is 22.8 Å². The Hall–Kier alpha value is -2.50. The van der Waals surface area contributed by atoms with Crippen molar-refractivity contribution in [3.63, 3.8) is 0 Å². The number of benzene rings is 2. The monoisotopic (exact) mass is 370 g/mol. The summed E-state index contributed by atoms with van der Waals surface area (Å²) in [5, 5.41) is 21.3. The molecule has 0 aliphatic rings. The number of aromatic hydroxyl groups is 2. The summed E-state index contributed by atoms with van der Waals surface area (Å²) < 4.78 is 8.52. The number of rotatable bonds is 4. The SMILES string of the molecule is CCNC(=O)c1ccccc1O.COc1cccc(C=[N][Mn])c1O. The molecular formula is C17H19MnN2O4. The van der Waals surface area contributed by atoms with Crippen LogP contribution in [0.5, 0.6) is 17.2 Å². The number of nitrogens with one attached hydrogen (secondary N) is 1. The molecule has 2 aromatic rings. The van der Waals surface area contributed by atoms with Crippen LogP contribution in [0.3, 0.4) is 0 Å². The van der Waals surface area contributed by atoms with Crippen LogP contribution in [0.15, 0.2) is 46.5 Å². The summed E-state index contributed by atoms with van der Waals surface area (Å²) >= 11 is 2.88. The van der Waals surface area contributed by atoms with Gasteiger partial charge in [0.25, 0.3) is 5.91 Å². The third kappa shape index (κ3) is 5.61. The number of carbonyl (C=O) groups is 1. The molecule has 1 amide bonds. The Morgan fingerprint density at radius 2 is 1.96 bits per heavy atom. The second kappa shape index (κ2) is 10.3. The predicted molar refractivity (Wildman–Crippen MR) is 88.4 cm³/mol. The van der Waals surface area contributed by atoms with E-state index in [0.29, 0.717) is 23.4 Å². The van der Waals surface area contributed by atoms with Crippen LogP contribution in [-0.2, 0) is 16.2 Å². The molecule has 0 atom stereocenters. The van der Waals surface area contributed by atoms with Crippen LogP contribution in [-0.4, -0.2) is 36.0 Å². The summed E-state index contributed by atoms with van der Waals surface area (Å²) in [4.78, 5) is 11.2. The number of phenols is 2. The molecule has 2 rings (SSSR count). The van der Waals surface area contributed by atoms with Gasteiger partial charge in [-0.2, -0.15) is 0 Å². The number of hydrogen-bond donors (Lipinski definition) is 3. The molecule has 0 unspecified atom stereocenters. The van der Waals surface area contributed by atoms with Crippen molar-refractivity contribution in [1.82, 2.24) is 5.32 Å². The molecule has 0 aromatic heterocycles. The van der Waals surface area contributed by atoms with Crippen LogP contribution in [0.4, 0.5) is 0 Å². The number of ether oxygens (including phenoxy) is 1. The fourth-order valence-electron chi connectivity index (χ4n) is 1.78. The summed E-state index contributed by atoms with van der Waals surface area (Å²) in [5.74, 6) is 0.321. The van der Waals surface area contributed by atoms with Crippen molar-refractivity contribution in [3.05, 3.63) is 53.6 Å². The molecular weight excluding hydrogens is 351 g/mol. The maximum atomic E-state index is 11.2. The van der Waals surface area contributed by atoms with Gasteiger partial charge in [0, 0.05) is 6.54 Å². The van der Waals surface area contributed by atoms with E-state index in [4.69, 9.17) is 4.74 Å². The van der Waals surface area contributed by atoms with Crippen molar-refractivity contribution in [3.8, 4) is 17.2 Å². The van der Waals surface area contributed by atoms with Crippen LogP contribution < -0.4 is 10.1 Å². The minimum absolute atomic E-state index is 0.0171. The second-order valence-corrected chi connectivity index (χ2v) is 4.81. The summed E-state index contributed by atoms with van der Waals surface area (Å²) in [5.41, 5.74) is 0.936. The fourth-order valence-corrected chi connectivity index (χ4v) is 1.95. The molecule has 0 saturated carbocycles. The fraction of sp³-hybridized carbons (Fsp3) is 0.176. The van der Waals surface area contributed by atoms with Gasteiger partial charge in [-0.25, -0.2) is 0 Å². The molecule has 3 N–H and O–H groups in total. The number of nitrogens with zero attached hydrogens (tertiary/aromatic N) is 1. The Balaban J connectivity index is 0.000000240. The molecule has 0 saturated heterocycles. The summed E-state index contributed by atoms with van der Waals surface area (Å²) in [6, 6.07) is 11.7. The number of phenolic OH excluding ortho intramolecular Hbond substituents is 2. The number of methoxy groups -OCH3 is 1. The van der Waals surface area contributed by atoms with Crippen LogP contribution in [0.2, 0.25) is 0 Å². The molecule has 6 nitrogen and oxygen atoms in total. The van der Waals surface area contributed by atoms with Gasteiger partial charge in [0.2, 0.25) is 0 Å². The standard InChI is InChI=1S/C9H11NO2.C8H8NO2.Mn/c1-2-10-9(12)7-5-3-4-6-8(7)11;1-11-7-4-2-3-6(5-9)8(7)10;/h3-6,11H,2H2,1H3,(H,10,12);2-5,10H,1H3;/q;-1;+1. The van der Waals surface area contributed by atoms with Crippen LogP contribution >= 0.6 is 0 Å². The van der Waals surface area contributed by atoms with Gasteiger partial charge in [-0.3, -0.25) is 4.79 Å². The quantitative estimate of drug-likeness (QED) is 0.570. The van der Waals surface area contributed by atoms with Gasteiger partial charge in [0.15, 0.2) is 0 Å². The van der Waals surface area contributed by atoms with E-state index in [0.717, 1.165) is 0 Å². The maximum absolute atomic E-state index is 11.2. The van der Waals surface area contributed by atoms with E-state index in [1.165, 1.54) is 19.4 Å². The van der Waals surface area contributed by atoms with E-state index in [1.54, 1.807) is 36.4 Å². The van der Waals surface area contributed by atoms with Crippen molar-refractivity contribution in [2.24, 2.45) is 4.01 Å². The number of amides is 1. The van der Waals surface area contributed by atoms with Crippen molar-refractivity contribution in [2.45, 2.75) is 6.92 Å². The summed E-state index contributed by atoms with van der Waals surface area (Å²) in [7, 11) is 1.50. The van der Waals surface area contributed by atoms with E-state index in [9.17, 15) is 15.0 Å². The van der Waals surface area contributed by atoms with Crippen LogP contribution in [0, 0.1) is 0 Å². The molecule has 0 radical (unpaired) electrons. The zero-order chi connectivity index (χ0) is 17.9. The number of carbonyl (C=O) groups excluding carboxylic acids is 1. The molecule has 0 bridgehead atoms. The zero-order valence-corrected chi connectivity index (χ0v) is 14.5. The van der Waals surface area contributed by atoms with Gasteiger partial charge >= 0.3 is 78.7 Å². The first-order chi connectivity index (χ1) is 11.5. The molecule has 0 aliphatic heterocycles. The third-order valence-electron chi connectivity index (χ3n) is 2.92. The van der Waals surface area contributed by atoms with E-state index < -0.39 is 0 Å². The molecule has 7 heteroatoms. The van der Waals surface area contributed by atoms with Gasteiger partial charge in [-0.1, -0.05) is 12.1 Å². The van der Waals surface area contributed by atoms with Crippen LogP contribution in [0.25, 0.3) is 0 Å². The second-order valence-electron chi connectivity index (χ2n) is 4.50. The molecule has 0 heterocycles. The van der Waals surface area contributed by atoms with Gasteiger partial charge < -0.3 is 10.4 Å². The Bertz CT molecular complexity index is 705. The van der Waals surface area contributed by atoms with E-state index in [2.05, 4.69) is 25.6 Å². The molecule has 0 fully saturated rings. The van der Waals surface area contributed by atoms with E-state index in [-0.39, 0.29) is 17.4 Å². The Morgan fingerprint density at radius 1 is 1.25 bits per heavy atom. The molecule has 128 valence electrons.